The predicted octanol–water partition coefficient (Wildman–Crippen LogP) is 3.77. The third-order valence-corrected chi connectivity index (χ3v) is 4.98. The number of rotatable bonds is 5. The minimum Gasteiger partial charge on any atom is -0.361 e. The van der Waals surface area contributed by atoms with Gasteiger partial charge in [0.15, 0.2) is 0 Å². The minimum absolute atomic E-state index is 0.273. The fraction of sp³-hybridized carbons (Fsp3) is 0.421. The zero-order valence-electron chi connectivity index (χ0n) is 13.2. The third kappa shape index (κ3) is 2.80. The molecule has 3 rings (SSSR count). The Bertz CT molecular complexity index is 673. The molecule has 3 nitrogen and oxygen atoms in total. The number of H-pyrrole nitrogens is 1. The second kappa shape index (κ2) is 6.39. The largest absolute Gasteiger partial charge is 0.361 e. The van der Waals surface area contributed by atoms with Crippen molar-refractivity contribution in [2.75, 3.05) is 13.1 Å². The lowest BCUT2D eigenvalue weighted by Gasteiger charge is -2.36. The monoisotopic (exact) mass is 296 g/mol. The van der Waals surface area contributed by atoms with Gasteiger partial charge in [-0.05, 0) is 29.9 Å². The number of carbonyl (C=O) groups excluding carboxylic acids is 1. The number of amides is 1. The lowest BCUT2D eigenvalue weighted by molar-refractivity contribution is -0.136. The van der Waals surface area contributed by atoms with Gasteiger partial charge in [-0.2, -0.15) is 0 Å². The van der Waals surface area contributed by atoms with Gasteiger partial charge in [-0.3, -0.25) is 4.79 Å². The number of fused-ring (bicyclic) bond motifs is 1. The average Bonchev–Trinajstić information content (AvgIpc) is 2.96. The Kier molecular flexibility index (Phi) is 4.32. The van der Waals surface area contributed by atoms with E-state index >= 15 is 0 Å². The molecule has 0 radical (unpaired) electrons. The summed E-state index contributed by atoms with van der Waals surface area (Å²) in [5.41, 5.74) is 2.46. The minimum atomic E-state index is 0.273. The Labute approximate surface area is 132 Å². The van der Waals surface area contributed by atoms with E-state index < -0.39 is 0 Å². The van der Waals surface area contributed by atoms with Crippen LogP contribution in [0.5, 0.6) is 0 Å². The number of aromatic nitrogens is 1. The van der Waals surface area contributed by atoms with Gasteiger partial charge in [0.2, 0.25) is 5.91 Å². The van der Waals surface area contributed by atoms with E-state index in [-0.39, 0.29) is 5.91 Å². The summed E-state index contributed by atoms with van der Waals surface area (Å²) in [5.74, 6) is 1.18. The first kappa shape index (κ1) is 14.9. The van der Waals surface area contributed by atoms with Crippen molar-refractivity contribution in [2.24, 2.45) is 11.8 Å². The molecular weight excluding hydrogens is 272 g/mol. The molecule has 116 valence electrons. The van der Waals surface area contributed by atoms with Crippen LogP contribution in [0.1, 0.15) is 25.3 Å². The molecule has 1 aliphatic rings. The molecule has 0 saturated carbocycles. The highest BCUT2D eigenvalue weighted by Crippen LogP contribution is 2.28. The van der Waals surface area contributed by atoms with E-state index in [0.29, 0.717) is 18.3 Å². The molecular formula is C19H24N2O. The second-order valence-electron chi connectivity index (χ2n) is 6.22. The number of nitrogens with one attached hydrogen (secondary N) is 1. The maximum absolute atomic E-state index is 12.3. The van der Waals surface area contributed by atoms with Crippen LogP contribution >= 0.6 is 0 Å². The van der Waals surface area contributed by atoms with Crippen LogP contribution in [0, 0.1) is 11.8 Å². The Morgan fingerprint density at radius 1 is 1.41 bits per heavy atom. The fourth-order valence-electron chi connectivity index (χ4n) is 3.54. The van der Waals surface area contributed by atoms with Gasteiger partial charge in [0.05, 0.1) is 0 Å². The number of hydrogen-bond donors (Lipinski definition) is 1. The van der Waals surface area contributed by atoms with Crippen LogP contribution in [0.25, 0.3) is 10.9 Å². The van der Waals surface area contributed by atoms with E-state index in [1.165, 1.54) is 16.5 Å². The molecule has 2 aromatic rings. The van der Waals surface area contributed by atoms with Gasteiger partial charge in [-0.15, -0.1) is 6.58 Å². The van der Waals surface area contributed by atoms with E-state index in [1.54, 1.807) is 0 Å². The molecule has 1 aliphatic heterocycles. The van der Waals surface area contributed by atoms with E-state index in [4.69, 9.17) is 0 Å². The van der Waals surface area contributed by atoms with Gasteiger partial charge in [0, 0.05) is 36.6 Å². The first-order chi connectivity index (χ1) is 10.7. The van der Waals surface area contributed by atoms with Gasteiger partial charge in [-0.25, -0.2) is 0 Å². The second-order valence-corrected chi connectivity index (χ2v) is 6.22. The van der Waals surface area contributed by atoms with Gasteiger partial charge < -0.3 is 9.88 Å². The zero-order valence-corrected chi connectivity index (χ0v) is 13.2. The van der Waals surface area contributed by atoms with Crippen LogP contribution in [0.2, 0.25) is 0 Å². The number of para-hydroxylation sites is 1. The van der Waals surface area contributed by atoms with Crippen LogP contribution in [-0.2, 0) is 11.2 Å². The molecule has 1 N–H and O–H groups in total. The summed E-state index contributed by atoms with van der Waals surface area (Å²) in [5, 5.41) is 1.27. The molecule has 2 atom stereocenters. The van der Waals surface area contributed by atoms with Gasteiger partial charge in [0.25, 0.3) is 0 Å². The van der Waals surface area contributed by atoms with Crippen molar-refractivity contribution in [1.82, 2.24) is 9.88 Å². The van der Waals surface area contributed by atoms with Crippen molar-refractivity contribution in [3.05, 3.63) is 48.7 Å². The maximum atomic E-state index is 12.3. The van der Waals surface area contributed by atoms with E-state index in [0.717, 1.165) is 25.9 Å². The smallest absolute Gasteiger partial charge is 0.223 e. The zero-order chi connectivity index (χ0) is 15.5. The van der Waals surface area contributed by atoms with Gasteiger partial charge in [0.1, 0.15) is 0 Å². The number of nitrogens with zero attached hydrogens (tertiary/aromatic N) is 1. The molecule has 22 heavy (non-hydrogen) atoms. The highest BCUT2D eigenvalue weighted by molar-refractivity contribution is 5.83. The van der Waals surface area contributed by atoms with E-state index in [1.807, 2.05) is 17.0 Å². The highest BCUT2D eigenvalue weighted by Gasteiger charge is 2.30. The SMILES string of the molecule is C=C[C@H]1CC(=O)N(CCc2c[nH]c3ccccc23)C[C@@H]1CC. The van der Waals surface area contributed by atoms with Crippen LogP contribution in [0.4, 0.5) is 0 Å². The Hall–Kier alpha value is -2.03. The van der Waals surface area contributed by atoms with Crippen molar-refractivity contribution in [2.45, 2.75) is 26.2 Å². The summed E-state index contributed by atoms with van der Waals surface area (Å²) in [6.07, 6.45) is 6.67. The van der Waals surface area contributed by atoms with Crippen LogP contribution in [-0.4, -0.2) is 28.9 Å². The number of hydrogen-bond acceptors (Lipinski definition) is 1. The van der Waals surface area contributed by atoms with Crippen molar-refractivity contribution in [1.29, 1.82) is 0 Å². The molecule has 1 aromatic heterocycles. The number of carbonyl (C=O) groups is 1. The Morgan fingerprint density at radius 3 is 3.00 bits per heavy atom. The molecule has 3 heteroatoms. The quantitative estimate of drug-likeness (QED) is 0.838. The number of likely N-dealkylation sites (tertiary alicyclic amines) is 1. The van der Waals surface area contributed by atoms with Crippen molar-refractivity contribution in [3.63, 3.8) is 0 Å². The van der Waals surface area contributed by atoms with Gasteiger partial charge in [-0.1, -0.05) is 37.6 Å². The van der Waals surface area contributed by atoms with Crippen LogP contribution < -0.4 is 0 Å². The number of allylic oxidation sites excluding steroid dienone is 1. The summed E-state index contributed by atoms with van der Waals surface area (Å²) >= 11 is 0. The van der Waals surface area contributed by atoms with Crippen molar-refractivity contribution >= 4 is 16.8 Å². The molecule has 0 spiro atoms. The summed E-state index contributed by atoms with van der Waals surface area (Å²) in [4.78, 5) is 17.7. The first-order valence-corrected chi connectivity index (χ1v) is 8.18. The van der Waals surface area contributed by atoms with Crippen LogP contribution in [0.3, 0.4) is 0 Å². The third-order valence-electron chi connectivity index (χ3n) is 4.98. The van der Waals surface area contributed by atoms with E-state index in [2.05, 4.69) is 42.9 Å². The summed E-state index contributed by atoms with van der Waals surface area (Å²) in [6, 6.07) is 8.33. The standard InChI is InChI=1S/C19H24N2O/c1-3-14-11-19(22)21(13-15(14)4-2)10-9-16-12-20-18-8-6-5-7-17(16)18/h3,5-8,12,14-15,20H,1,4,9-11,13H2,2H3/t14-,15-/m0/s1. The Morgan fingerprint density at radius 2 is 2.23 bits per heavy atom. The predicted molar refractivity (Wildman–Crippen MR) is 90.7 cm³/mol. The lowest BCUT2D eigenvalue weighted by Crippen LogP contribution is -2.44. The molecule has 1 aromatic carbocycles. The normalized spacial score (nSPS) is 22.2. The molecule has 0 unspecified atom stereocenters. The number of aromatic amines is 1. The number of piperidine rings is 1. The molecule has 2 heterocycles. The van der Waals surface area contributed by atoms with E-state index in [9.17, 15) is 4.79 Å². The summed E-state index contributed by atoms with van der Waals surface area (Å²) in [6.45, 7) is 7.77. The summed E-state index contributed by atoms with van der Waals surface area (Å²) < 4.78 is 0. The van der Waals surface area contributed by atoms with Crippen LogP contribution in [0.15, 0.2) is 43.1 Å². The first-order valence-electron chi connectivity index (χ1n) is 8.18. The molecule has 0 bridgehead atoms. The highest BCUT2D eigenvalue weighted by atomic mass is 16.2. The summed E-state index contributed by atoms with van der Waals surface area (Å²) in [7, 11) is 0. The van der Waals surface area contributed by atoms with Crippen molar-refractivity contribution in [3.8, 4) is 0 Å². The molecule has 1 amide bonds. The number of benzene rings is 1. The Balaban J connectivity index is 1.68. The topological polar surface area (TPSA) is 36.1 Å². The average molecular weight is 296 g/mol. The molecule has 1 fully saturated rings. The maximum Gasteiger partial charge on any atom is 0.223 e. The van der Waals surface area contributed by atoms with Crippen molar-refractivity contribution < 1.29 is 4.79 Å². The lowest BCUT2D eigenvalue weighted by atomic mass is 9.83. The fourth-order valence-corrected chi connectivity index (χ4v) is 3.54. The molecule has 1 saturated heterocycles. The van der Waals surface area contributed by atoms with Gasteiger partial charge >= 0.3 is 0 Å². The molecule has 0 aliphatic carbocycles.